The van der Waals surface area contributed by atoms with E-state index in [4.69, 9.17) is 30.5 Å². The van der Waals surface area contributed by atoms with Crippen molar-refractivity contribution in [3.05, 3.63) is 94.3 Å². The molecule has 2 aromatic carbocycles. The number of hydrogen-bond acceptors (Lipinski definition) is 9. The number of rotatable bonds is 8. The lowest BCUT2D eigenvalue weighted by Gasteiger charge is -2.40. The molecule has 2 saturated heterocycles. The maximum Gasteiger partial charge on any atom is 0.339 e. The normalized spacial score (nSPS) is 26.8. The van der Waals surface area contributed by atoms with E-state index < -0.39 is 36.5 Å². The number of nitrogens with zero attached hydrogens (tertiary/aromatic N) is 1. The van der Waals surface area contributed by atoms with Gasteiger partial charge < -0.3 is 34.3 Å². The summed E-state index contributed by atoms with van der Waals surface area (Å²) in [5.41, 5.74) is 2.61. The summed E-state index contributed by atoms with van der Waals surface area (Å²) in [5.74, 6) is 0.133. The Morgan fingerprint density at radius 1 is 1.05 bits per heavy atom. The topological polar surface area (TPSA) is 128 Å². The molecule has 3 N–H and O–H groups in total. The minimum Gasteiger partial charge on any atom is -0.488 e. The van der Waals surface area contributed by atoms with Gasteiger partial charge in [-0.1, -0.05) is 35.9 Å². The summed E-state index contributed by atoms with van der Waals surface area (Å²) in [4.78, 5) is 16.2. The van der Waals surface area contributed by atoms with E-state index in [2.05, 4.69) is 4.98 Å². The zero-order valence-electron chi connectivity index (χ0n) is 21.1. The number of carbonyl (C=O) groups is 1. The molecule has 2 fully saturated rings. The summed E-state index contributed by atoms with van der Waals surface area (Å²) in [6.45, 7) is 0.986. The second kappa shape index (κ2) is 12.4. The van der Waals surface area contributed by atoms with Crippen molar-refractivity contribution >= 4 is 17.6 Å². The summed E-state index contributed by atoms with van der Waals surface area (Å²) in [5, 5.41) is 32.3. The van der Waals surface area contributed by atoms with Gasteiger partial charge in [0.05, 0.1) is 18.8 Å². The maximum absolute atomic E-state index is 12.3. The molecule has 0 spiro atoms. The van der Waals surface area contributed by atoms with E-state index in [0.29, 0.717) is 30.2 Å². The smallest absolute Gasteiger partial charge is 0.339 e. The number of pyridine rings is 1. The van der Waals surface area contributed by atoms with Gasteiger partial charge in [-0.3, -0.25) is 4.98 Å². The summed E-state index contributed by atoms with van der Waals surface area (Å²) in [7, 11) is 0. The van der Waals surface area contributed by atoms with E-state index in [1.54, 1.807) is 30.3 Å². The number of hydrogen-bond donors (Lipinski definition) is 3. The molecule has 0 radical (unpaired) electrons. The minimum absolute atomic E-state index is 0.0699. The van der Waals surface area contributed by atoms with Crippen molar-refractivity contribution in [1.82, 2.24) is 4.98 Å². The van der Waals surface area contributed by atoms with E-state index in [1.807, 2.05) is 24.3 Å². The van der Waals surface area contributed by atoms with Crippen LogP contribution in [0.5, 0.6) is 5.75 Å². The third kappa shape index (κ3) is 6.58. The third-order valence-electron chi connectivity index (χ3n) is 6.90. The molecule has 39 heavy (non-hydrogen) atoms. The predicted octanol–water partition coefficient (Wildman–Crippen LogP) is 2.87. The second-order valence-corrected chi connectivity index (χ2v) is 10.1. The molecule has 2 aliphatic heterocycles. The number of aromatic nitrogens is 1. The highest BCUT2D eigenvalue weighted by atomic mass is 35.5. The lowest BCUT2D eigenvalue weighted by molar-refractivity contribution is -0.231. The molecule has 3 heterocycles. The Kier molecular flexibility index (Phi) is 8.76. The Bertz CT molecular complexity index is 1250. The summed E-state index contributed by atoms with van der Waals surface area (Å²) >= 11 is 6.50. The van der Waals surface area contributed by atoms with Crippen LogP contribution in [-0.4, -0.2) is 76.6 Å². The number of halogens is 1. The van der Waals surface area contributed by atoms with Crippen molar-refractivity contribution in [3.63, 3.8) is 0 Å². The molecule has 206 valence electrons. The van der Waals surface area contributed by atoms with E-state index in [-0.39, 0.29) is 18.3 Å². The molecule has 3 aromatic rings. The minimum atomic E-state index is -1.51. The van der Waals surface area contributed by atoms with E-state index >= 15 is 0 Å². The highest BCUT2D eigenvalue weighted by Crippen LogP contribution is 2.35. The molecule has 10 heteroatoms. The van der Waals surface area contributed by atoms with Crippen molar-refractivity contribution in [3.8, 4) is 5.75 Å². The van der Waals surface area contributed by atoms with Gasteiger partial charge in [-0.2, -0.15) is 0 Å². The van der Waals surface area contributed by atoms with Crippen LogP contribution in [0.1, 0.15) is 39.6 Å². The predicted molar refractivity (Wildman–Crippen MR) is 141 cm³/mol. The molecule has 1 aromatic heterocycles. The first-order valence-corrected chi connectivity index (χ1v) is 13.2. The van der Waals surface area contributed by atoms with E-state index in [0.717, 1.165) is 23.3 Å². The Labute approximate surface area is 230 Å². The van der Waals surface area contributed by atoms with Gasteiger partial charge >= 0.3 is 5.97 Å². The molecular weight excluding hydrogens is 526 g/mol. The Hall–Kier alpha value is -3.05. The zero-order valence-corrected chi connectivity index (χ0v) is 21.8. The van der Waals surface area contributed by atoms with Crippen LogP contribution in [0.2, 0.25) is 5.02 Å². The molecule has 6 atom stereocenters. The molecule has 9 nitrogen and oxygen atoms in total. The summed E-state index contributed by atoms with van der Waals surface area (Å²) in [6, 6.07) is 16.1. The van der Waals surface area contributed by atoms with Crippen LogP contribution in [0.15, 0.2) is 67.0 Å². The highest BCUT2D eigenvalue weighted by Gasteiger charge is 2.44. The number of carbonyl (C=O) groups excluding carboxylic acids is 1. The number of aliphatic hydroxyl groups excluding tert-OH is 3. The van der Waals surface area contributed by atoms with Gasteiger partial charge in [0.15, 0.2) is 0 Å². The molecule has 5 rings (SSSR count). The molecule has 0 aliphatic carbocycles. The standard InChI is InChI=1S/C29H30ClNO8/c30-23-8-5-18(13-20(23)12-17-3-6-21(7-4-17)38-22-9-11-36-15-22)28-27(34)26(33)25(32)24(39-28)16-37-29(35)19-2-1-10-31-14-19/h1-8,10,13-14,22,24-28,32-34H,9,11-12,15-16H2/t22?,24-,25-,26+,27-,28+/m1/s1. The van der Waals surface area contributed by atoms with Gasteiger partial charge in [0.1, 0.15) is 49.0 Å². The quantitative estimate of drug-likeness (QED) is 0.359. The number of esters is 1. The average molecular weight is 556 g/mol. The maximum atomic E-state index is 12.3. The first-order chi connectivity index (χ1) is 18.9. The van der Waals surface area contributed by atoms with Crippen LogP contribution in [0.4, 0.5) is 0 Å². The monoisotopic (exact) mass is 555 g/mol. The Morgan fingerprint density at radius 3 is 2.59 bits per heavy atom. The first kappa shape index (κ1) is 27.5. The lowest BCUT2D eigenvalue weighted by Crippen LogP contribution is -2.55. The van der Waals surface area contributed by atoms with Crippen LogP contribution in [0.25, 0.3) is 0 Å². The average Bonchev–Trinajstić information content (AvgIpc) is 3.47. The fourth-order valence-corrected chi connectivity index (χ4v) is 4.88. The molecule has 0 bridgehead atoms. The van der Waals surface area contributed by atoms with Gasteiger partial charge in [0.2, 0.25) is 0 Å². The largest absolute Gasteiger partial charge is 0.488 e. The van der Waals surface area contributed by atoms with Gasteiger partial charge in [0.25, 0.3) is 0 Å². The first-order valence-electron chi connectivity index (χ1n) is 12.8. The number of benzene rings is 2. The van der Waals surface area contributed by atoms with Crippen molar-refractivity contribution in [2.75, 3.05) is 19.8 Å². The van der Waals surface area contributed by atoms with Crippen LogP contribution in [0.3, 0.4) is 0 Å². The molecule has 0 amide bonds. The lowest BCUT2D eigenvalue weighted by atomic mass is 9.90. The fraction of sp³-hybridized carbons (Fsp3) is 0.379. The number of ether oxygens (including phenoxy) is 4. The van der Waals surface area contributed by atoms with E-state index in [9.17, 15) is 20.1 Å². The Morgan fingerprint density at radius 2 is 1.87 bits per heavy atom. The van der Waals surface area contributed by atoms with E-state index in [1.165, 1.54) is 12.4 Å². The van der Waals surface area contributed by atoms with Gasteiger partial charge in [-0.25, -0.2) is 4.79 Å². The van der Waals surface area contributed by atoms with Crippen LogP contribution in [-0.2, 0) is 20.6 Å². The second-order valence-electron chi connectivity index (χ2n) is 9.68. The zero-order chi connectivity index (χ0) is 27.4. The third-order valence-corrected chi connectivity index (χ3v) is 7.26. The molecule has 1 unspecified atom stereocenters. The summed E-state index contributed by atoms with van der Waals surface area (Å²) in [6.07, 6.45) is -2.07. The van der Waals surface area contributed by atoms with Crippen molar-refractivity contribution in [2.45, 2.75) is 49.5 Å². The van der Waals surface area contributed by atoms with Crippen LogP contribution >= 0.6 is 11.6 Å². The van der Waals surface area contributed by atoms with Crippen molar-refractivity contribution in [2.24, 2.45) is 0 Å². The fourth-order valence-electron chi connectivity index (χ4n) is 4.70. The van der Waals surface area contributed by atoms with Crippen molar-refractivity contribution < 1.29 is 39.1 Å². The van der Waals surface area contributed by atoms with Crippen molar-refractivity contribution in [1.29, 1.82) is 0 Å². The highest BCUT2D eigenvalue weighted by molar-refractivity contribution is 6.31. The van der Waals surface area contributed by atoms with Gasteiger partial charge in [-0.05, 0) is 53.4 Å². The number of aliphatic hydroxyl groups is 3. The molecule has 0 saturated carbocycles. The molecule has 2 aliphatic rings. The van der Waals surface area contributed by atoms with Crippen LogP contribution < -0.4 is 4.74 Å². The van der Waals surface area contributed by atoms with Crippen LogP contribution in [0, 0.1) is 0 Å². The Balaban J connectivity index is 1.27. The SMILES string of the molecule is O=C(OC[C@H]1O[C@@H](c2ccc(Cl)c(Cc3ccc(OC4CCOC4)cc3)c2)[C@H](O)[C@@H](O)[C@@H]1O)c1cccnc1. The molecular formula is C29H30ClNO8. The summed E-state index contributed by atoms with van der Waals surface area (Å²) < 4.78 is 22.5. The van der Waals surface area contributed by atoms with Gasteiger partial charge in [0, 0.05) is 23.8 Å². The van der Waals surface area contributed by atoms with Gasteiger partial charge in [-0.15, -0.1) is 0 Å².